The minimum absolute atomic E-state index is 0.168. The first-order chi connectivity index (χ1) is 5.42. The predicted molar refractivity (Wildman–Crippen MR) is 47.1 cm³/mol. The fourth-order valence-electron chi connectivity index (χ4n) is 1.68. The maximum atomic E-state index is 10.5. The van der Waals surface area contributed by atoms with Crippen molar-refractivity contribution in [3.05, 3.63) is 0 Å². The first-order valence-corrected chi connectivity index (χ1v) is 4.38. The lowest BCUT2D eigenvalue weighted by atomic mass is 9.90. The number of hydrogen-bond acceptors (Lipinski definition) is 2. The van der Waals surface area contributed by atoms with Gasteiger partial charge in [-0.2, -0.15) is 0 Å². The average molecular weight is 171 g/mol. The molecule has 1 saturated heterocycles. The number of carbonyl (C=O) groups is 1. The Morgan fingerprint density at radius 1 is 1.58 bits per heavy atom. The number of likely N-dealkylation sites (tertiary alicyclic amines) is 1. The van der Waals surface area contributed by atoms with Gasteiger partial charge in [0.2, 0.25) is 0 Å². The Balaban J connectivity index is 2.43. The van der Waals surface area contributed by atoms with Crippen LogP contribution in [0.25, 0.3) is 0 Å². The zero-order chi connectivity index (χ0) is 9.35. The minimum Gasteiger partial charge on any atom is -0.481 e. The van der Waals surface area contributed by atoms with E-state index in [9.17, 15) is 4.79 Å². The van der Waals surface area contributed by atoms with Gasteiger partial charge in [-0.1, -0.05) is 6.92 Å². The molecule has 0 aromatic carbocycles. The van der Waals surface area contributed by atoms with Crippen molar-refractivity contribution in [2.24, 2.45) is 5.92 Å². The third kappa shape index (κ3) is 1.97. The molecule has 12 heavy (non-hydrogen) atoms. The van der Waals surface area contributed by atoms with E-state index in [0.717, 1.165) is 19.0 Å². The van der Waals surface area contributed by atoms with Crippen LogP contribution < -0.4 is 0 Å². The van der Waals surface area contributed by atoms with Crippen molar-refractivity contribution in [3.63, 3.8) is 0 Å². The van der Waals surface area contributed by atoms with Crippen LogP contribution in [0.5, 0.6) is 0 Å². The van der Waals surface area contributed by atoms with Gasteiger partial charge in [-0.25, -0.2) is 0 Å². The van der Waals surface area contributed by atoms with Crippen LogP contribution in [0.15, 0.2) is 0 Å². The average Bonchev–Trinajstić information content (AvgIpc) is 1.77. The molecule has 70 valence electrons. The number of nitrogens with zero attached hydrogens (tertiary/aromatic N) is 1. The van der Waals surface area contributed by atoms with Crippen LogP contribution in [-0.2, 0) is 4.79 Å². The molecule has 1 rings (SSSR count). The summed E-state index contributed by atoms with van der Waals surface area (Å²) in [7, 11) is 0. The van der Waals surface area contributed by atoms with E-state index >= 15 is 0 Å². The van der Waals surface area contributed by atoms with E-state index < -0.39 is 5.97 Å². The highest BCUT2D eigenvalue weighted by Crippen LogP contribution is 2.27. The summed E-state index contributed by atoms with van der Waals surface area (Å²) in [5.74, 6) is 0.0256. The summed E-state index contributed by atoms with van der Waals surface area (Å²) >= 11 is 0. The van der Waals surface area contributed by atoms with Gasteiger partial charge in [-0.3, -0.25) is 9.69 Å². The Morgan fingerprint density at radius 2 is 2.08 bits per heavy atom. The number of rotatable bonds is 3. The zero-order valence-corrected chi connectivity index (χ0v) is 8.00. The molecule has 1 aliphatic heterocycles. The van der Waals surface area contributed by atoms with Gasteiger partial charge in [-0.15, -0.1) is 0 Å². The number of hydrogen-bond donors (Lipinski definition) is 1. The fraction of sp³-hybridized carbons (Fsp3) is 0.889. The molecule has 0 atom stereocenters. The molecule has 0 bridgehead atoms. The summed E-state index contributed by atoms with van der Waals surface area (Å²) in [6.07, 6.45) is 0.236. The molecule has 3 nitrogen and oxygen atoms in total. The smallest absolute Gasteiger partial charge is 0.305 e. The van der Waals surface area contributed by atoms with Gasteiger partial charge in [0.05, 0.1) is 6.42 Å². The monoisotopic (exact) mass is 171 g/mol. The Bertz CT molecular complexity index is 183. The van der Waals surface area contributed by atoms with Crippen molar-refractivity contribution in [2.75, 3.05) is 13.1 Å². The van der Waals surface area contributed by atoms with Gasteiger partial charge < -0.3 is 5.11 Å². The maximum absolute atomic E-state index is 10.5. The highest BCUT2D eigenvalue weighted by molar-refractivity contribution is 5.68. The minimum atomic E-state index is -0.709. The number of carboxylic acids is 1. The second kappa shape index (κ2) is 3.05. The summed E-state index contributed by atoms with van der Waals surface area (Å²) < 4.78 is 0. The van der Waals surface area contributed by atoms with Crippen LogP contribution in [0.2, 0.25) is 0 Å². The topological polar surface area (TPSA) is 40.5 Å². The van der Waals surface area contributed by atoms with E-state index in [1.807, 2.05) is 13.8 Å². The summed E-state index contributed by atoms with van der Waals surface area (Å²) in [5.41, 5.74) is -0.168. The quantitative estimate of drug-likeness (QED) is 0.693. The molecular formula is C9H17NO2. The molecule has 0 radical (unpaired) electrons. The molecule has 1 N–H and O–H groups in total. The lowest BCUT2D eigenvalue weighted by Gasteiger charge is -2.47. The standard InChI is InChI=1S/C9H17NO2/c1-7-5-10(6-7)9(2,3)4-8(11)12/h7H,4-6H2,1-3H3,(H,11,12). The summed E-state index contributed by atoms with van der Waals surface area (Å²) in [6.45, 7) is 8.26. The van der Waals surface area contributed by atoms with E-state index in [1.54, 1.807) is 0 Å². The lowest BCUT2D eigenvalue weighted by molar-refractivity contribution is -0.141. The van der Waals surface area contributed by atoms with E-state index in [-0.39, 0.29) is 12.0 Å². The highest BCUT2D eigenvalue weighted by Gasteiger charge is 2.36. The number of carboxylic acid groups (broad SMARTS) is 1. The normalized spacial score (nSPS) is 20.6. The highest BCUT2D eigenvalue weighted by atomic mass is 16.4. The van der Waals surface area contributed by atoms with Gasteiger partial charge in [0, 0.05) is 18.6 Å². The molecule has 0 amide bonds. The molecule has 0 spiro atoms. The molecule has 3 heteroatoms. The zero-order valence-electron chi connectivity index (χ0n) is 8.00. The molecule has 0 aromatic rings. The summed E-state index contributed by atoms with van der Waals surface area (Å²) in [6, 6.07) is 0. The molecule has 0 unspecified atom stereocenters. The molecule has 1 fully saturated rings. The van der Waals surface area contributed by atoms with Gasteiger partial charge in [0.15, 0.2) is 0 Å². The van der Waals surface area contributed by atoms with Crippen molar-refractivity contribution >= 4 is 5.97 Å². The molecule has 0 aromatic heterocycles. The van der Waals surface area contributed by atoms with Crippen molar-refractivity contribution in [2.45, 2.75) is 32.7 Å². The van der Waals surface area contributed by atoms with Crippen LogP contribution in [0.1, 0.15) is 27.2 Å². The van der Waals surface area contributed by atoms with Crippen LogP contribution in [-0.4, -0.2) is 34.6 Å². The van der Waals surface area contributed by atoms with Crippen LogP contribution in [0.3, 0.4) is 0 Å². The molecule has 1 aliphatic rings. The molecular weight excluding hydrogens is 154 g/mol. The van der Waals surface area contributed by atoms with Crippen LogP contribution in [0, 0.1) is 5.92 Å². The van der Waals surface area contributed by atoms with Gasteiger partial charge in [0.25, 0.3) is 0 Å². The lowest BCUT2D eigenvalue weighted by Crippen LogP contribution is -2.57. The number of aliphatic carboxylic acids is 1. The van der Waals surface area contributed by atoms with Crippen LogP contribution >= 0.6 is 0 Å². The second-order valence-electron chi connectivity index (χ2n) is 4.39. The SMILES string of the molecule is CC1CN(C(C)(C)CC(=O)O)C1. The Hall–Kier alpha value is -0.570. The molecule has 0 saturated carbocycles. The van der Waals surface area contributed by atoms with Gasteiger partial charge in [-0.05, 0) is 19.8 Å². The van der Waals surface area contributed by atoms with Crippen molar-refractivity contribution in [3.8, 4) is 0 Å². The molecule has 1 heterocycles. The fourth-order valence-corrected chi connectivity index (χ4v) is 1.68. The van der Waals surface area contributed by atoms with Crippen molar-refractivity contribution in [1.82, 2.24) is 4.90 Å². The maximum Gasteiger partial charge on any atom is 0.305 e. The van der Waals surface area contributed by atoms with E-state index in [1.165, 1.54) is 0 Å². The van der Waals surface area contributed by atoms with E-state index in [0.29, 0.717) is 0 Å². The van der Waals surface area contributed by atoms with Crippen molar-refractivity contribution < 1.29 is 9.90 Å². The predicted octanol–water partition coefficient (Wildman–Crippen LogP) is 1.19. The third-order valence-electron chi connectivity index (χ3n) is 2.50. The Morgan fingerprint density at radius 3 is 2.42 bits per heavy atom. The second-order valence-corrected chi connectivity index (χ2v) is 4.39. The summed E-state index contributed by atoms with van der Waals surface area (Å²) in [5, 5.41) is 8.66. The van der Waals surface area contributed by atoms with Crippen molar-refractivity contribution in [1.29, 1.82) is 0 Å². The summed E-state index contributed by atoms with van der Waals surface area (Å²) in [4.78, 5) is 12.7. The van der Waals surface area contributed by atoms with Crippen LogP contribution in [0.4, 0.5) is 0 Å². The Kier molecular flexibility index (Phi) is 2.42. The third-order valence-corrected chi connectivity index (χ3v) is 2.50. The first-order valence-electron chi connectivity index (χ1n) is 4.38. The first kappa shape index (κ1) is 9.52. The largest absolute Gasteiger partial charge is 0.481 e. The van der Waals surface area contributed by atoms with E-state index in [4.69, 9.17) is 5.11 Å². The van der Waals surface area contributed by atoms with Gasteiger partial charge in [0.1, 0.15) is 0 Å². The Labute approximate surface area is 73.4 Å². The van der Waals surface area contributed by atoms with Gasteiger partial charge >= 0.3 is 5.97 Å². The molecule has 0 aliphatic carbocycles. The van der Waals surface area contributed by atoms with E-state index in [2.05, 4.69) is 11.8 Å².